The fraction of sp³-hybridized carbons (Fsp3) is 0.536. The molecule has 0 aromatic carbocycles. The van der Waals surface area contributed by atoms with Crippen LogP contribution in [0.25, 0.3) is 11.3 Å². The van der Waals surface area contributed by atoms with Crippen molar-refractivity contribution in [2.45, 2.75) is 84.2 Å². The number of aromatic nitrogens is 1. The Labute approximate surface area is 226 Å². The molecular formula is C28H35NO10. The van der Waals surface area contributed by atoms with E-state index in [0.717, 1.165) is 0 Å². The number of ether oxygens (including phenoxy) is 4. The minimum atomic E-state index is -1.29. The summed E-state index contributed by atoms with van der Waals surface area (Å²) >= 11 is 0. The Morgan fingerprint density at radius 1 is 1.23 bits per heavy atom. The number of rotatable bonds is 10. The highest BCUT2D eigenvalue weighted by Gasteiger charge is 2.49. The molecule has 1 aliphatic heterocycles. The summed E-state index contributed by atoms with van der Waals surface area (Å²) in [5.74, 6) is -1.84. The number of nitrogens with zero attached hydrogens (tertiary/aromatic N) is 1. The minimum Gasteiger partial charge on any atom is -0.483 e. The number of pyridine rings is 1. The molecule has 0 amide bonds. The summed E-state index contributed by atoms with van der Waals surface area (Å²) in [5.41, 5.74) is -2.77. The van der Waals surface area contributed by atoms with Crippen LogP contribution in [0.3, 0.4) is 0 Å². The summed E-state index contributed by atoms with van der Waals surface area (Å²) in [6.07, 6.45) is 1.41. The summed E-state index contributed by atoms with van der Waals surface area (Å²) < 4.78 is 28.3. The van der Waals surface area contributed by atoms with Gasteiger partial charge in [-0.05, 0) is 38.8 Å². The molecule has 2 aromatic heterocycles. The Hall–Kier alpha value is -3.73. The molecule has 3 heterocycles. The van der Waals surface area contributed by atoms with Crippen LogP contribution in [-0.2, 0) is 28.6 Å². The summed E-state index contributed by atoms with van der Waals surface area (Å²) in [4.78, 5) is 52.6. The van der Waals surface area contributed by atoms with Crippen molar-refractivity contribution in [3.63, 3.8) is 0 Å². The van der Waals surface area contributed by atoms with Crippen LogP contribution in [0.15, 0.2) is 39.8 Å². The van der Waals surface area contributed by atoms with E-state index < -0.39 is 52.9 Å². The van der Waals surface area contributed by atoms with Gasteiger partial charge in [-0.3, -0.25) is 19.4 Å². The number of carbonyl (C=O) groups is 3. The zero-order valence-corrected chi connectivity index (χ0v) is 23.0. The van der Waals surface area contributed by atoms with Crippen LogP contribution in [0.1, 0.15) is 72.5 Å². The SMILES string of the molecule is CC[C@H](C[C@@H](OC(C)=O)[C@@]1(C)C[C@@H](O)c2c(cc(-c3cccnc3)oc2=O)O1)[C@](C)(COC(C)=O)OC(C)=O. The van der Waals surface area contributed by atoms with Crippen molar-refractivity contribution in [3.05, 3.63) is 46.6 Å². The molecule has 0 saturated carbocycles. The smallest absolute Gasteiger partial charge is 0.345 e. The average molecular weight is 546 g/mol. The largest absolute Gasteiger partial charge is 0.483 e. The number of aliphatic hydroxyl groups is 1. The van der Waals surface area contributed by atoms with Crippen LogP contribution >= 0.6 is 0 Å². The molecule has 1 aliphatic rings. The first-order valence-corrected chi connectivity index (χ1v) is 12.7. The second-order valence-corrected chi connectivity index (χ2v) is 10.2. The first-order valence-electron chi connectivity index (χ1n) is 12.7. The average Bonchev–Trinajstić information content (AvgIpc) is 2.84. The van der Waals surface area contributed by atoms with E-state index in [1.54, 1.807) is 32.2 Å². The highest BCUT2D eigenvalue weighted by Crippen LogP contribution is 2.44. The maximum atomic E-state index is 12.8. The van der Waals surface area contributed by atoms with E-state index in [1.165, 1.54) is 33.0 Å². The van der Waals surface area contributed by atoms with E-state index in [2.05, 4.69) is 4.98 Å². The van der Waals surface area contributed by atoms with Crippen LogP contribution in [-0.4, -0.2) is 51.9 Å². The molecule has 0 radical (unpaired) electrons. The van der Waals surface area contributed by atoms with Gasteiger partial charge in [-0.25, -0.2) is 4.79 Å². The third kappa shape index (κ3) is 7.03. The van der Waals surface area contributed by atoms with Crippen molar-refractivity contribution in [3.8, 4) is 17.1 Å². The van der Waals surface area contributed by atoms with Crippen molar-refractivity contribution in [2.75, 3.05) is 6.61 Å². The summed E-state index contributed by atoms with van der Waals surface area (Å²) in [7, 11) is 0. The molecular weight excluding hydrogens is 510 g/mol. The number of hydrogen-bond acceptors (Lipinski definition) is 11. The van der Waals surface area contributed by atoms with Gasteiger partial charge in [-0.1, -0.05) is 6.92 Å². The summed E-state index contributed by atoms with van der Waals surface area (Å²) in [6, 6.07) is 4.90. The van der Waals surface area contributed by atoms with E-state index in [-0.39, 0.29) is 36.5 Å². The lowest BCUT2D eigenvalue weighted by Gasteiger charge is -2.45. The minimum absolute atomic E-state index is 0.0339. The first-order chi connectivity index (χ1) is 18.3. The number of esters is 3. The van der Waals surface area contributed by atoms with Crippen molar-refractivity contribution in [1.82, 2.24) is 4.98 Å². The molecule has 11 heteroatoms. The molecule has 0 aliphatic carbocycles. The predicted octanol–water partition coefficient (Wildman–Crippen LogP) is 3.51. The van der Waals surface area contributed by atoms with Gasteiger partial charge >= 0.3 is 23.5 Å². The molecule has 3 rings (SSSR count). The van der Waals surface area contributed by atoms with Gasteiger partial charge in [0, 0.05) is 57.1 Å². The fourth-order valence-corrected chi connectivity index (χ4v) is 5.03. The Kier molecular flexibility index (Phi) is 9.16. The molecule has 1 N–H and O–H groups in total. The second-order valence-electron chi connectivity index (χ2n) is 10.2. The molecule has 212 valence electrons. The van der Waals surface area contributed by atoms with Crippen molar-refractivity contribution in [2.24, 2.45) is 5.92 Å². The van der Waals surface area contributed by atoms with Crippen LogP contribution in [0.4, 0.5) is 0 Å². The summed E-state index contributed by atoms with van der Waals surface area (Å²) in [5, 5.41) is 11.0. The van der Waals surface area contributed by atoms with Crippen molar-refractivity contribution in [1.29, 1.82) is 0 Å². The molecule has 0 fully saturated rings. The Bertz CT molecular complexity index is 1260. The van der Waals surface area contributed by atoms with Gasteiger partial charge in [-0.2, -0.15) is 0 Å². The quantitative estimate of drug-likeness (QED) is 0.345. The fourth-order valence-electron chi connectivity index (χ4n) is 5.03. The van der Waals surface area contributed by atoms with Crippen LogP contribution in [0, 0.1) is 5.92 Å². The molecule has 39 heavy (non-hydrogen) atoms. The third-order valence-electron chi connectivity index (χ3n) is 6.95. The van der Waals surface area contributed by atoms with Crippen LogP contribution < -0.4 is 10.4 Å². The van der Waals surface area contributed by atoms with Gasteiger partial charge in [0.05, 0.1) is 6.10 Å². The Morgan fingerprint density at radius 2 is 1.95 bits per heavy atom. The van der Waals surface area contributed by atoms with E-state index in [0.29, 0.717) is 12.0 Å². The first kappa shape index (κ1) is 29.8. The molecule has 11 nitrogen and oxygen atoms in total. The standard InChI is InChI=1S/C28H35NO10/c1-7-20(28(6,38-18(4)32)15-35-16(2)30)11-24(36-17(3)31)27(5)13-21(33)25-23(39-27)12-22(37-26(25)34)19-9-8-10-29-14-19/h8-10,12,14,20-21,24,33H,7,11,13,15H2,1-6H3/t20-,21-,24-,27-,28+/m1/s1. The van der Waals surface area contributed by atoms with Gasteiger partial charge in [-0.15, -0.1) is 0 Å². The Balaban J connectivity index is 2.01. The topological polar surface area (TPSA) is 151 Å². The maximum absolute atomic E-state index is 12.8. The lowest BCUT2D eigenvalue weighted by Crippen LogP contribution is -2.54. The number of fused-ring (bicyclic) bond motifs is 1. The predicted molar refractivity (Wildman–Crippen MR) is 138 cm³/mol. The summed E-state index contributed by atoms with van der Waals surface area (Å²) in [6.45, 7) is 8.75. The monoisotopic (exact) mass is 545 g/mol. The number of carbonyl (C=O) groups excluding carboxylic acids is 3. The van der Waals surface area contributed by atoms with Gasteiger partial charge < -0.3 is 28.5 Å². The third-order valence-corrected chi connectivity index (χ3v) is 6.95. The van der Waals surface area contributed by atoms with Crippen LogP contribution in [0.5, 0.6) is 5.75 Å². The normalized spacial score (nSPS) is 21.4. The molecule has 0 saturated heterocycles. The number of hydrogen-bond donors (Lipinski definition) is 1. The van der Waals surface area contributed by atoms with E-state index >= 15 is 0 Å². The highest BCUT2D eigenvalue weighted by molar-refractivity contribution is 5.68. The molecule has 0 bridgehead atoms. The highest BCUT2D eigenvalue weighted by atomic mass is 16.6. The molecule has 2 aromatic rings. The number of aliphatic hydroxyl groups excluding tert-OH is 1. The lowest BCUT2D eigenvalue weighted by molar-refractivity contribution is -0.185. The van der Waals surface area contributed by atoms with Crippen LogP contribution in [0.2, 0.25) is 0 Å². The van der Waals surface area contributed by atoms with Crippen molar-refractivity contribution < 1.29 is 42.9 Å². The Morgan fingerprint density at radius 3 is 2.51 bits per heavy atom. The maximum Gasteiger partial charge on any atom is 0.345 e. The molecule has 5 atom stereocenters. The van der Waals surface area contributed by atoms with Gasteiger partial charge in [0.2, 0.25) is 0 Å². The van der Waals surface area contributed by atoms with E-state index in [1.807, 2.05) is 6.92 Å². The zero-order valence-electron chi connectivity index (χ0n) is 23.0. The van der Waals surface area contributed by atoms with Gasteiger partial charge in [0.1, 0.15) is 41.0 Å². The molecule has 0 spiro atoms. The molecule has 0 unspecified atom stereocenters. The van der Waals surface area contributed by atoms with Crippen molar-refractivity contribution >= 4 is 17.9 Å². The second kappa shape index (κ2) is 12.0. The van der Waals surface area contributed by atoms with E-state index in [4.69, 9.17) is 23.4 Å². The van der Waals surface area contributed by atoms with Gasteiger partial charge in [0.25, 0.3) is 0 Å². The zero-order chi connectivity index (χ0) is 29.0. The van der Waals surface area contributed by atoms with Gasteiger partial charge in [0.15, 0.2) is 0 Å². The lowest BCUT2D eigenvalue weighted by atomic mass is 9.77. The van der Waals surface area contributed by atoms with E-state index in [9.17, 15) is 24.3 Å².